The fourth-order valence-corrected chi connectivity index (χ4v) is 0.663. The fourth-order valence-electron chi connectivity index (χ4n) is 0.663. The Balaban J connectivity index is 0.000000810. The molecule has 0 aromatic carbocycles. The van der Waals surface area contributed by atoms with Crippen LogP contribution >= 0.6 is 17.0 Å². The first-order valence-electron chi connectivity index (χ1n) is 3.03. The number of nitrogens with one attached hydrogen (secondary N) is 1. The highest BCUT2D eigenvalue weighted by atomic mass is 79.9. The zero-order valence-corrected chi connectivity index (χ0v) is 7.59. The summed E-state index contributed by atoms with van der Waals surface area (Å²) in [7, 11) is 0. The summed E-state index contributed by atoms with van der Waals surface area (Å²) in [4.78, 5) is 6.88. The monoisotopic (exact) mass is 205 g/mol. The van der Waals surface area contributed by atoms with Crippen LogP contribution in [0.15, 0.2) is 12.5 Å². The summed E-state index contributed by atoms with van der Waals surface area (Å²) in [5.74, 6) is 0.396. The molecule has 1 aromatic heterocycles. The summed E-state index contributed by atoms with van der Waals surface area (Å²) >= 11 is 0. The molecule has 0 aliphatic carbocycles. The van der Waals surface area contributed by atoms with Crippen molar-refractivity contribution in [2.75, 3.05) is 6.54 Å². The highest BCUT2D eigenvalue weighted by molar-refractivity contribution is 8.93. The lowest BCUT2D eigenvalue weighted by molar-refractivity contribution is 0.751. The molecular formula is C6H12BrN3. The Hall–Kier alpha value is -0.350. The van der Waals surface area contributed by atoms with Crippen molar-refractivity contribution in [1.29, 1.82) is 0 Å². The van der Waals surface area contributed by atoms with E-state index in [1.807, 2.05) is 0 Å². The molecule has 0 aliphatic heterocycles. The van der Waals surface area contributed by atoms with Crippen molar-refractivity contribution in [2.24, 2.45) is 5.73 Å². The van der Waals surface area contributed by atoms with Gasteiger partial charge in [0.2, 0.25) is 0 Å². The Morgan fingerprint density at radius 2 is 2.50 bits per heavy atom. The van der Waals surface area contributed by atoms with E-state index < -0.39 is 0 Å². The van der Waals surface area contributed by atoms with Gasteiger partial charge < -0.3 is 10.7 Å². The summed E-state index contributed by atoms with van der Waals surface area (Å²) < 4.78 is 0. The minimum atomic E-state index is 0. The van der Waals surface area contributed by atoms with Crippen LogP contribution in [0.2, 0.25) is 0 Å². The maximum atomic E-state index is 5.42. The van der Waals surface area contributed by atoms with Crippen LogP contribution in [-0.2, 0) is 0 Å². The maximum absolute atomic E-state index is 5.42. The molecule has 0 saturated carbocycles. The number of H-pyrrole nitrogens is 1. The molecule has 10 heavy (non-hydrogen) atoms. The molecular weight excluding hydrogens is 194 g/mol. The average Bonchev–Trinajstić information content (AvgIpc) is 2.37. The van der Waals surface area contributed by atoms with Gasteiger partial charge in [-0.1, -0.05) is 6.92 Å². The molecule has 3 N–H and O–H groups in total. The van der Waals surface area contributed by atoms with Crippen LogP contribution in [0.5, 0.6) is 0 Å². The predicted octanol–water partition coefficient (Wildman–Crippen LogP) is 1.05. The number of aromatic nitrogens is 2. The number of hydrogen-bond acceptors (Lipinski definition) is 2. The Morgan fingerprint density at radius 1 is 1.80 bits per heavy atom. The quantitative estimate of drug-likeness (QED) is 0.759. The van der Waals surface area contributed by atoms with Crippen molar-refractivity contribution in [3.05, 3.63) is 18.2 Å². The summed E-state index contributed by atoms with van der Waals surface area (Å²) in [6, 6.07) is 0. The van der Waals surface area contributed by atoms with Gasteiger partial charge in [0.05, 0.1) is 6.33 Å². The predicted molar refractivity (Wildman–Crippen MR) is 46.4 cm³/mol. The van der Waals surface area contributed by atoms with E-state index in [1.165, 1.54) is 0 Å². The molecule has 0 saturated heterocycles. The van der Waals surface area contributed by atoms with Crippen molar-refractivity contribution in [2.45, 2.75) is 12.8 Å². The fraction of sp³-hybridized carbons (Fsp3) is 0.500. The number of nitrogens with zero attached hydrogens (tertiary/aromatic N) is 1. The van der Waals surface area contributed by atoms with Gasteiger partial charge in [-0.2, -0.15) is 0 Å². The van der Waals surface area contributed by atoms with Crippen molar-refractivity contribution >= 4 is 17.0 Å². The topological polar surface area (TPSA) is 54.7 Å². The van der Waals surface area contributed by atoms with E-state index in [1.54, 1.807) is 12.5 Å². The Morgan fingerprint density at radius 3 is 2.90 bits per heavy atom. The molecule has 0 spiro atoms. The van der Waals surface area contributed by atoms with E-state index in [0.29, 0.717) is 12.5 Å². The lowest BCUT2D eigenvalue weighted by atomic mass is 10.1. The summed E-state index contributed by atoms with van der Waals surface area (Å²) in [5.41, 5.74) is 6.52. The highest BCUT2D eigenvalue weighted by Crippen LogP contribution is 2.07. The minimum absolute atomic E-state index is 0. The lowest BCUT2D eigenvalue weighted by Crippen LogP contribution is -2.08. The summed E-state index contributed by atoms with van der Waals surface area (Å²) in [6.45, 7) is 2.73. The van der Waals surface area contributed by atoms with Gasteiger partial charge in [-0.05, 0) is 0 Å². The molecule has 0 radical (unpaired) electrons. The van der Waals surface area contributed by atoms with Gasteiger partial charge in [0.15, 0.2) is 0 Å². The van der Waals surface area contributed by atoms with Gasteiger partial charge in [0.25, 0.3) is 0 Å². The second-order valence-electron chi connectivity index (χ2n) is 2.14. The van der Waals surface area contributed by atoms with Gasteiger partial charge in [0, 0.05) is 24.4 Å². The third-order valence-corrected chi connectivity index (χ3v) is 1.40. The largest absolute Gasteiger partial charge is 0.348 e. The smallest absolute Gasteiger partial charge is 0.0921 e. The van der Waals surface area contributed by atoms with Crippen molar-refractivity contribution in [3.63, 3.8) is 0 Å². The van der Waals surface area contributed by atoms with E-state index in [4.69, 9.17) is 5.73 Å². The molecule has 4 heteroatoms. The number of aromatic amines is 1. The van der Waals surface area contributed by atoms with Crippen LogP contribution < -0.4 is 5.73 Å². The minimum Gasteiger partial charge on any atom is -0.348 e. The molecule has 1 atom stereocenters. The van der Waals surface area contributed by atoms with Crippen LogP contribution in [-0.4, -0.2) is 16.5 Å². The number of nitrogens with two attached hydrogens (primary N) is 1. The first-order chi connectivity index (χ1) is 4.34. The van der Waals surface area contributed by atoms with E-state index >= 15 is 0 Å². The van der Waals surface area contributed by atoms with Crippen molar-refractivity contribution in [3.8, 4) is 0 Å². The van der Waals surface area contributed by atoms with Crippen molar-refractivity contribution in [1.82, 2.24) is 9.97 Å². The average molecular weight is 206 g/mol. The summed E-state index contributed by atoms with van der Waals surface area (Å²) in [6.07, 6.45) is 3.47. The van der Waals surface area contributed by atoms with Crippen LogP contribution in [0, 0.1) is 0 Å². The van der Waals surface area contributed by atoms with Gasteiger partial charge in [-0.3, -0.25) is 0 Å². The first kappa shape index (κ1) is 9.65. The number of halogens is 1. The maximum Gasteiger partial charge on any atom is 0.0921 e. The normalized spacial score (nSPS) is 12.2. The van der Waals surface area contributed by atoms with Crippen LogP contribution in [0.25, 0.3) is 0 Å². The second kappa shape index (κ2) is 4.46. The lowest BCUT2D eigenvalue weighted by Gasteiger charge is -2.02. The Labute approximate surface area is 70.8 Å². The van der Waals surface area contributed by atoms with E-state index in [-0.39, 0.29) is 17.0 Å². The van der Waals surface area contributed by atoms with Gasteiger partial charge in [-0.25, -0.2) is 4.98 Å². The molecule has 1 heterocycles. The van der Waals surface area contributed by atoms with E-state index in [9.17, 15) is 0 Å². The SMILES string of the molecule is Br.C[C@H](CN)c1cnc[nH]1. The molecule has 1 aromatic rings. The number of imidazole rings is 1. The van der Waals surface area contributed by atoms with Crippen molar-refractivity contribution < 1.29 is 0 Å². The van der Waals surface area contributed by atoms with Gasteiger partial charge >= 0.3 is 0 Å². The van der Waals surface area contributed by atoms with Crippen LogP contribution in [0.3, 0.4) is 0 Å². The highest BCUT2D eigenvalue weighted by Gasteiger charge is 2.01. The zero-order valence-electron chi connectivity index (χ0n) is 5.87. The third kappa shape index (κ3) is 2.11. The molecule has 0 amide bonds. The molecule has 0 aliphatic rings. The van der Waals surface area contributed by atoms with Crippen LogP contribution in [0.1, 0.15) is 18.5 Å². The number of hydrogen-bond donors (Lipinski definition) is 2. The van der Waals surface area contributed by atoms with E-state index in [2.05, 4.69) is 16.9 Å². The standard InChI is InChI=1S/C6H11N3.BrH/c1-5(2-7)6-3-8-4-9-6;/h3-5H,2,7H2,1H3,(H,8,9);1H/t5-;/m1./s1. The molecule has 0 unspecified atom stereocenters. The Kier molecular flexibility index (Phi) is 4.31. The number of rotatable bonds is 2. The summed E-state index contributed by atoms with van der Waals surface area (Å²) in [5, 5.41) is 0. The van der Waals surface area contributed by atoms with Gasteiger partial charge in [0.1, 0.15) is 0 Å². The van der Waals surface area contributed by atoms with Crippen LogP contribution in [0.4, 0.5) is 0 Å². The second-order valence-corrected chi connectivity index (χ2v) is 2.14. The molecule has 0 fully saturated rings. The molecule has 0 bridgehead atoms. The molecule has 3 nitrogen and oxygen atoms in total. The zero-order chi connectivity index (χ0) is 6.69. The Bertz CT molecular complexity index is 162. The van der Waals surface area contributed by atoms with Gasteiger partial charge in [-0.15, -0.1) is 17.0 Å². The van der Waals surface area contributed by atoms with E-state index in [0.717, 1.165) is 5.69 Å². The first-order valence-corrected chi connectivity index (χ1v) is 3.03. The third-order valence-electron chi connectivity index (χ3n) is 1.40. The molecule has 1 rings (SSSR count). The molecule has 58 valence electrons.